The van der Waals surface area contributed by atoms with Gasteiger partial charge in [0.2, 0.25) is 5.88 Å². The molecule has 0 radical (unpaired) electrons. The standard InChI is InChI=1S/C29H29N3O2/c1-33-26-12-5-13-27-25(26)20-22(24-11-6-16-31-28(24)34-27)8-7-17-32-18-14-29(21-30,15-19-32)23-9-3-2-4-10-23/h2-6,8-13,16H,7,14-15,17-20H2,1H3/b22-8-. The zero-order chi connectivity index (χ0) is 23.4. The smallest absolute Gasteiger partial charge is 0.226 e. The number of allylic oxidation sites excluding steroid dienone is 1. The summed E-state index contributed by atoms with van der Waals surface area (Å²) in [7, 11) is 1.70. The second-order valence-electron chi connectivity index (χ2n) is 8.99. The lowest BCUT2D eigenvalue weighted by atomic mass is 9.74. The molecule has 1 aromatic heterocycles. The number of benzene rings is 2. The third-order valence-electron chi connectivity index (χ3n) is 7.09. The highest BCUT2D eigenvalue weighted by atomic mass is 16.5. The van der Waals surface area contributed by atoms with Crippen molar-refractivity contribution in [2.75, 3.05) is 26.7 Å². The molecule has 0 saturated carbocycles. The lowest BCUT2D eigenvalue weighted by Crippen LogP contribution is -2.42. The Kier molecular flexibility index (Phi) is 6.33. The first kappa shape index (κ1) is 22.2. The zero-order valence-electron chi connectivity index (χ0n) is 19.5. The van der Waals surface area contributed by atoms with Crippen LogP contribution in [0, 0.1) is 11.3 Å². The Balaban J connectivity index is 1.30. The third kappa shape index (κ3) is 4.30. The van der Waals surface area contributed by atoms with E-state index in [9.17, 15) is 5.26 Å². The van der Waals surface area contributed by atoms with E-state index in [1.165, 1.54) is 5.57 Å². The SMILES string of the molecule is COc1cccc2c1C/C(=C/CCN1CCC(C#N)(c3ccccc3)CC1)c1cccnc1O2. The first-order valence-electron chi connectivity index (χ1n) is 11.9. The van der Waals surface area contributed by atoms with Crippen LogP contribution in [0.15, 0.2) is 72.9 Å². The fourth-order valence-electron chi connectivity index (χ4n) is 5.10. The Bertz CT molecular complexity index is 1220. The molecule has 2 aliphatic rings. The predicted molar refractivity (Wildman–Crippen MR) is 133 cm³/mol. The van der Waals surface area contributed by atoms with E-state index in [1.807, 2.05) is 42.5 Å². The number of hydrogen-bond donors (Lipinski definition) is 0. The quantitative estimate of drug-likeness (QED) is 0.493. The van der Waals surface area contributed by atoms with Crippen molar-refractivity contribution in [3.05, 3.63) is 89.6 Å². The van der Waals surface area contributed by atoms with Gasteiger partial charge in [0.05, 0.1) is 18.6 Å². The molecule has 0 spiro atoms. The van der Waals surface area contributed by atoms with Gasteiger partial charge in [0.1, 0.15) is 11.5 Å². The molecule has 2 aromatic carbocycles. The minimum absolute atomic E-state index is 0.361. The van der Waals surface area contributed by atoms with Crippen LogP contribution in [0.1, 0.15) is 36.0 Å². The maximum atomic E-state index is 9.96. The number of nitrogens with zero attached hydrogens (tertiary/aromatic N) is 3. The molecule has 1 saturated heterocycles. The van der Waals surface area contributed by atoms with E-state index in [2.05, 4.69) is 40.2 Å². The van der Waals surface area contributed by atoms with Crippen LogP contribution in [0.25, 0.3) is 5.57 Å². The molecule has 5 rings (SSSR count). The summed E-state index contributed by atoms with van der Waals surface area (Å²) in [6.45, 7) is 2.84. The minimum Gasteiger partial charge on any atom is -0.496 e. The average Bonchev–Trinajstić information content (AvgIpc) is 3.06. The van der Waals surface area contributed by atoms with E-state index >= 15 is 0 Å². The lowest BCUT2D eigenvalue weighted by molar-refractivity contribution is 0.189. The molecule has 0 N–H and O–H groups in total. The molecule has 3 aromatic rings. The number of nitriles is 1. The van der Waals surface area contributed by atoms with Crippen molar-refractivity contribution in [1.29, 1.82) is 5.26 Å². The van der Waals surface area contributed by atoms with Crippen molar-refractivity contribution in [2.24, 2.45) is 0 Å². The molecule has 34 heavy (non-hydrogen) atoms. The summed E-state index contributed by atoms with van der Waals surface area (Å²) in [6.07, 6.45) is 7.49. The first-order valence-corrected chi connectivity index (χ1v) is 11.9. The monoisotopic (exact) mass is 451 g/mol. The van der Waals surface area contributed by atoms with E-state index < -0.39 is 0 Å². The van der Waals surface area contributed by atoms with Crippen LogP contribution < -0.4 is 9.47 Å². The van der Waals surface area contributed by atoms with E-state index in [0.29, 0.717) is 5.88 Å². The highest BCUT2D eigenvalue weighted by Crippen LogP contribution is 2.41. The number of hydrogen-bond acceptors (Lipinski definition) is 5. The van der Waals surface area contributed by atoms with Gasteiger partial charge in [-0.05, 0) is 67.8 Å². The molecule has 5 nitrogen and oxygen atoms in total. The average molecular weight is 452 g/mol. The molecule has 0 bridgehead atoms. The van der Waals surface area contributed by atoms with Gasteiger partial charge in [-0.15, -0.1) is 0 Å². The number of rotatable bonds is 5. The van der Waals surface area contributed by atoms with Gasteiger partial charge in [-0.1, -0.05) is 42.5 Å². The number of fused-ring (bicyclic) bond motifs is 2. The Labute approximate surface area is 201 Å². The van der Waals surface area contributed by atoms with Crippen molar-refractivity contribution in [3.63, 3.8) is 0 Å². The van der Waals surface area contributed by atoms with Crippen LogP contribution in [-0.2, 0) is 11.8 Å². The molecule has 0 aliphatic carbocycles. The number of likely N-dealkylation sites (tertiary alicyclic amines) is 1. The molecule has 0 unspecified atom stereocenters. The molecule has 0 amide bonds. The van der Waals surface area contributed by atoms with E-state index in [4.69, 9.17) is 9.47 Å². The largest absolute Gasteiger partial charge is 0.496 e. The molecule has 1 fully saturated rings. The number of methoxy groups -OCH3 is 1. The van der Waals surface area contributed by atoms with Gasteiger partial charge in [-0.25, -0.2) is 4.98 Å². The van der Waals surface area contributed by atoms with Crippen LogP contribution in [-0.4, -0.2) is 36.6 Å². The number of aromatic nitrogens is 1. The van der Waals surface area contributed by atoms with Gasteiger partial charge < -0.3 is 14.4 Å². The van der Waals surface area contributed by atoms with Crippen LogP contribution in [0.3, 0.4) is 0 Å². The van der Waals surface area contributed by atoms with Crippen LogP contribution >= 0.6 is 0 Å². The summed E-state index contributed by atoms with van der Waals surface area (Å²) in [6, 6.07) is 22.8. The Morgan fingerprint density at radius 1 is 1.09 bits per heavy atom. The second-order valence-corrected chi connectivity index (χ2v) is 8.99. The van der Waals surface area contributed by atoms with E-state index in [1.54, 1.807) is 13.3 Å². The van der Waals surface area contributed by atoms with E-state index in [0.717, 1.165) is 73.5 Å². The first-order chi connectivity index (χ1) is 16.7. The van der Waals surface area contributed by atoms with Gasteiger partial charge in [0.25, 0.3) is 0 Å². The van der Waals surface area contributed by atoms with Gasteiger partial charge in [-0.3, -0.25) is 0 Å². The van der Waals surface area contributed by atoms with Crippen molar-refractivity contribution < 1.29 is 9.47 Å². The Morgan fingerprint density at radius 3 is 2.68 bits per heavy atom. The van der Waals surface area contributed by atoms with Crippen molar-refractivity contribution in [2.45, 2.75) is 31.1 Å². The summed E-state index contributed by atoms with van der Waals surface area (Å²) in [5.41, 5.74) is 4.08. The summed E-state index contributed by atoms with van der Waals surface area (Å²) in [5.74, 6) is 2.27. The molecular formula is C29H29N3O2. The van der Waals surface area contributed by atoms with Gasteiger partial charge in [0, 0.05) is 30.3 Å². The molecule has 0 atom stereocenters. The summed E-state index contributed by atoms with van der Waals surface area (Å²) in [4.78, 5) is 6.96. The topological polar surface area (TPSA) is 58.4 Å². The Hall–Kier alpha value is -3.62. The Morgan fingerprint density at radius 2 is 1.91 bits per heavy atom. The molecule has 2 aliphatic heterocycles. The van der Waals surface area contributed by atoms with Crippen molar-refractivity contribution >= 4 is 5.57 Å². The van der Waals surface area contributed by atoms with Gasteiger partial charge in [0.15, 0.2) is 0 Å². The van der Waals surface area contributed by atoms with E-state index in [-0.39, 0.29) is 5.41 Å². The minimum atomic E-state index is -0.361. The van der Waals surface area contributed by atoms with Crippen molar-refractivity contribution in [1.82, 2.24) is 9.88 Å². The van der Waals surface area contributed by atoms with Gasteiger partial charge >= 0.3 is 0 Å². The van der Waals surface area contributed by atoms with Gasteiger partial charge in [-0.2, -0.15) is 5.26 Å². The third-order valence-corrected chi connectivity index (χ3v) is 7.09. The number of piperidine rings is 1. The summed E-state index contributed by atoms with van der Waals surface area (Å²) < 4.78 is 11.8. The molecule has 172 valence electrons. The maximum absolute atomic E-state index is 9.96. The highest BCUT2D eigenvalue weighted by molar-refractivity contribution is 5.74. The summed E-state index contributed by atoms with van der Waals surface area (Å²) in [5, 5.41) is 9.96. The van der Waals surface area contributed by atoms with Crippen LogP contribution in [0.4, 0.5) is 0 Å². The number of ether oxygens (including phenoxy) is 2. The maximum Gasteiger partial charge on any atom is 0.226 e. The molecular weight excluding hydrogens is 422 g/mol. The normalized spacial score (nSPS) is 18.2. The fraction of sp³-hybridized carbons (Fsp3) is 0.310. The number of pyridine rings is 1. The fourth-order valence-corrected chi connectivity index (χ4v) is 5.10. The molecule has 5 heteroatoms. The molecule has 3 heterocycles. The van der Waals surface area contributed by atoms with Crippen LogP contribution in [0.5, 0.6) is 17.4 Å². The van der Waals surface area contributed by atoms with Crippen molar-refractivity contribution in [3.8, 4) is 23.4 Å². The lowest BCUT2D eigenvalue weighted by Gasteiger charge is -2.37. The predicted octanol–water partition coefficient (Wildman–Crippen LogP) is 5.77. The van der Waals surface area contributed by atoms with Crippen LogP contribution in [0.2, 0.25) is 0 Å². The summed E-state index contributed by atoms with van der Waals surface area (Å²) >= 11 is 0. The highest BCUT2D eigenvalue weighted by Gasteiger charge is 2.36. The second kappa shape index (κ2) is 9.70. The zero-order valence-corrected chi connectivity index (χ0v) is 19.5.